The third-order valence-electron chi connectivity index (χ3n) is 5.44. The van der Waals surface area contributed by atoms with Crippen molar-refractivity contribution in [2.45, 2.75) is 19.8 Å². The van der Waals surface area contributed by atoms with Gasteiger partial charge in [-0.2, -0.15) is 0 Å². The van der Waals surface area contributed by atoms with E-state index in [9.17, 15) is 9.59 Å². The maximum atomic E-state index is 12.2. The molecule has 0 atom stereocenters. The van der Waals surface area contributed by atoms with Gasteiger partial charge in [0.05, 0.1) is 6.61 Å². The Labute approximate surface area is 182 Å². The molecule has 154 valence electrons. The quantitative estimate of drug-likeness (QED) is 0.146. The summed E-state index contributed by atoms with van der Waals surface area (Å²) in [6.45, 7) is 2.47. The van der Waals surface area contributed by atoms with Crippen molar-refractivity contribution in [1.82, 2.24) is 0 Å². The van der Waals surface area contributed by atoms with Gasteiger partial charge in [-0.1, -0.05) is 86.1 Å². The van der Waals surface area contributed by atoms with Gasteiger partial charge in [0, 0.05) is 17.2 Å². The predicted molar refractivity (Wildman–Crippen MR) is 127 cm³/mol. The van der Waals surface area contributed by atoms with Gasteiger partial charge in [-0.25, -0.2) is 4.79 Å². The van der Waals surface area contributed by atoms with Gasteiger partial charge in [-0.15, -0.1) is 0 Å². The molecule has 0 aliphatic heterocycles. The molecule has 3 nitrogen and oxygen atoms in total. The summed E-state index contributed by atoms with van der Waals surface area (Å²) in [4.78, 5) is 24.2. The summed E-state index contributed by atoms with van der Waals surface area (Å²) < 4.78 is 5.27. The minimum atomic E-state index is -0.360. The summed E-state index contributed by atoms with van der Waals surface area (Å²) in [6, 6.07) is 24.0. The average molecular weight is 408 g/mol. The molecule has 0 spiro atoms. The van der Waals surface area contributed by atoms with Gasteiger partial charge in [-0.05, 0) is 45.2 Å². The van der Waals surface area contributed by atoms with Crippen LogP contribution in [0.1, 0.15) is 35.7 Å². The molecule has 0 amide bonds. The third kappa shape index (κ3) is 4.26. The van der Waals surface area contributed by atoms with Crippen LogP contribution in [0.25, 0.3) is 38.7 Å². The van der Waals surface area contributed by atoms with E-state index in [1.165, 1.54) is 6.08 Å². The third-order valence-corrected chi connectivity index (χ3v) is 5.44. The molecule has 0 fully saturated rings. The average Bonchev–Trinajstić information content (AvgIpc) is 2.82. The van der Waals surface area contributed by atoms with E-state index in [4.69, 9.17) is 4.74 Å². The van der Waals surface area contributed by atoms with Crippen molar-refractivity contribution in [2.75, 3.05) is 6.61 Å². The molecule has 0 radical (unpaired) electrons. The summed E-state index contributed by atoms with van der Waals surface area (Å²) in [6.07, 6.45) is 5.97. The summed E-state index contributed by atoms with van der Waals surface area (Å²) in [7, 11) is 0. The highest BCUT2D eigenvalue weighted by Gasteiger charge is 2.16. The van der Waals surface area contributed by atoms with Gasteiger partial charge in [0.2, 0.25) is 0 Å². The van der Waals surface area contributed by atoms with Gasteiger partial charge in [0.1, 0.15) is 0 Å². The molecule has 0 aliphatic rings. The van der Waals surface area contributed by atoms with Crippen molar-refractivity contribution < 1.29 is 14.3 Å². The number of carbonyl (C=O) groups is 2. The second-order valence-electron chi connectivity index (χ2n) is 7.47. The molecule has 4 aromatic carbocycles. The number of hydrogen-bond donors (Lipinski definition) is 0. The van der Waals surface area contributed by atoms with Crippen LogP contribution in [0.3, 0.4) is 0 Å². The fraction of sp³-hybridized carbons (Fsp3) is 0.143. The highest BCUT2D eigenvalue weighted by molar-refractivity contribution is 6.13. The second-order valence-corrected chi connectivity index (χ2v) is 7.47. The molecule has 0 N–H and O–H groups in total. The fourth-order valence-electron chi connectivity index (χ4n) is 3.89. The molecule has 0 bridgehead atoms. The zero-order valence-electron chi connectivity index (χ0n) is 17.5. The number of ether oxygens (including phenoxy) is 1. The van der Waals surface area contributed by atoms with Crippen LogP contribution in [0.15, 0.2) is 78.9 Å². The van der Waals surface area contributed by atoms with E-state index in [1.54, 1.807) is 6.08 Å². The molecular weight excluding hydrogens is 384 g/mol. The molecule has 0 saturated carbocycles. The lowest BCUT2D eigenvalue weighted by atomic mass is 9.87. The topological polar surface area (TPSA) is 43.4 Å². The largest absolute Gasteiger partial charge is 0.463 e. The Balaban J connectivity index is 1.93. The molecule has 0 heterocycles. The molecule has 4 aromatic rings. The lowest BCUT2D eigenvalue weighted by Crippen LogP contribution is -2.01. The number of carbonyl (C=O) groups excluding carboxylic acids is 2. The van der Waals surface area contributed by atoms with Crippen LogP contribution in [-0.2, 0) is 9.53 Å². The zero-order valence-corrected chi connectivity index (χ0v) is 17.5. The smallest absolute Gasteiger partial charge is 0.330 e. The first-order chi connectivity index (χ1) is 15.2. The molecule has 31 heavy (non-hydrogen) atoms. The van der Waals surface area contributed by atoms with Gasteiger partial charge < -0.3 is 4.74 Å². The SMILES string of the molecule is CCCCOC(=O)/C=C/c1ccc2ccccc2c1-c1c(C=O)ccc2ccccc12. The van der Waals surface area contributed by atoms with Gasteiger partial charge >= 0.3 is 5.97 Å². The lowest BCUT2D eigenvalue weighted by molar-refractivity contribution is -0.137. The minimum Gasteiger partial charge on any atom is -0.463 e. The number of rotatable bonds is 7. The van der Waals surface area contributed by atoms with E-state index in [1.807, 2.05) is 60.7 Å². The predicted octanol–water partition coefficient (Wildman–Crippen LogP) is 6.83. The lowest BCUT2D eigenvalue weighted by Gasteiger charge is -2.16. The number of aldehydes is 1. The first-order valence-electron chi connectivity index (χ1n) is 10.6. The zero-order chi connectivity index (χ0) is 21.6. The van der Waals surface area contributed by atoms with Gasteiger partial charge in [0.25, 0.3) is 0 Å². The Bertz CT molecular complexity index is 1280. The van der Waals surface area contributed by atoms with Crippen molar-refractivity contribution in [3.05, 3.63) is 90.0 Å². The van der Waals surface area contributed by atoms with Crippen molar-refractivity contribution in [3.8, 4) is 11.1 Å². The van der Waals surface area contributed by atoms with Gasteiger partial charge in [0.15, 0.2) is 6.29 Å². The van der Waals surface area contributed by atoms with Crippen LogP contribution in [0, 0.1) is 0 Å². The Morgan fingerprint density at radius 1 is 0.806 bits per heavy atom. The van der Waals surface area contributed by atoms with E-state index in [-0.39, 0.29) is 5.97 Å². The van der Waals surface area contributed by atoms with Crippen LogP contribution in [0.2, 0.25) is 0 Å². The van der Waals surface area contributed by atoms with E-state index in [0.29, 0.717) is 12.2 Å². The normalized spacial score (nSPS) is 11.3. The second kappa shape index (κ2) is 9.40. The molecule has 3 heteroatoms. The minimum absolute atomic E-state index is 0.360. The number of fused-ring (bicyclic) bond motifs is 2. The van der Waals surface area contributed by atoms with Crippen LogP contribution < -0.4 is 0 Å². The highest BCUT2D eigenvalue weighted by Crippen LogP contribution is 2.39. The number of benzene rings is 4. The highest BCUT2D eigenvalue weighted by atomic mass is 16.5. The summed E-state index contributed by atoms with van der Waals surface area (Å²) in [5, 5.41) is 4.17. The Hall–Kier alpha value is -3.72. The summed E-state index contributed by atoms with van der Waals surface area (Å²) in [5.74, 6) is -0.360. The summed E-state index contributed by atoms with van der Waals surface area (Å²) >= 11 is 0. The molecule has 0 unspecified atom stereocenters. The monoisotopic (exact) mass is 408 g/mol. The van der Waals surface area contributed by atoms with Crippen LogP contribution in [-0.4, -0.2) is 18.9 Å². The van der Waals surface area contributed by atoms with Gasteiger partial charge in [-0.3, -0.25) is 4.79 Å². The van der Waals surface area contributed by atoms with Crippen molar-refractivity contribution in [1.29, 1.82) is 0 Å². The fourth-order valence-corrected chi connectivity index (χ4v) is 3.89. The number of esters is 1. The first kappa shape index (κ1) is 20.5. The number of hydrogen-bond acceptors (Lipinski definition) is 3. The van der Waals surface area contributed by atoms with Crippen LogP contribution in [0.4, 0.5) is 0 Å². The first-order valence-corrected chi connectivity index (χ1v) is 10.6. The molecule has 4 rings (SSSR count). The van der Waals surface area contributed by atoms with E-state index < -0.39 is 0 Å². The summed E-state index contributed by atoms with van der Waals surface area (Å²) in [5.41, 5.74) is 3.30. The van der Waals surface area contributed by atoms with Crippen molar-refractivity contribution in [2.24, 2.45) is 0 Å². The van der Waals surface area contributed by atoms with Crippen molar-refractivity contribution in [3.63, 3.8) is 0 Å². The Kier molecular flexibility index (Phi) is 6.23. The Morgan fingerprint density at radius 3 is 2.00 bits per heavy atom. The standard InChI is InChI=1S/C28H24O3/c1-2-3-18-31-26(30)17-16-22-14-12-20-8-4-6-10-24(20)27(22)28-23(19-29)15-13-21-9-5-7-11-25(21)28/h4-17,19H,2-3,18H2,1H3/b17-16+. The molecule has 0 aliphatic carbocycles. The van der Waals surface area contributed by atoms with Crippen LogP contribution >= 0.6 is 0 Å². The molecule has 0 aromatic heterocycles. The maximum absolute atomic E-state index is 12.2. The van der Waals surface area contributed by atoms with E-state index in [2.05, 4.69) is 19.1 Å². The van der Waals surface area contributed by atoms with Crippen molar-refractivity contribution >= 4 is 39.9 Å². The maximum Gasteiger partial charge on any atom is 0.330 e. The molecular formula is C28H24O3. The molecule has 0 saturated heterocycles. The number of unbranched alkanes of at least 4 members (excludes halogenated alkanes) is 1. The van der Waals surface area contributed by atoms with Crippen LogP contribution in [0.5, 0.6) is 0 Å². The Morgan fingerprint density at radius 2 is 1.39 bits per heavy atom. The van der Waals surface area contributed by atoms with E-state index in [0.717, 1.165) is 57.4 Å². The van der Waals surface area contributed by atoms with E-state index >= 15 is 0 Å².